The number of carbonyl (C=O) groups excluding carboxylic acids is 4. The van der Waals surface area contributed by atoms with E-state index < -0.39 is 56.8 Å². The summed E-state index contributed by atoms with van der Waals surface area (Å²) in [6.45, 7) is 8.49. The van der Waals surface area contributed by atoms with E-state index >= 15 is 0 Å². The molecule has 0 fully saturated rings. The number of rotatable bonds is 21. The number of nitrogens with zero attached hydrogens (tertiary/aromatic N) is 3. The van der Waals surface area contributed by atoms with Crippen molar-refractivity contribution >= 4 is 23.6 Å². The molecule has 0 unspecified atom stereocenters. The number of aromatic hydroxyl groups is 3. The standard InChI is InChI=1S/C38H53N7O10/c1-5-12-28(49)42-38(16-9-19-39-35(53)29-32(50)25(46)13-22-43(29)6-2,17-10-20-40-36(54)30-33(51)26(47)14-23-44(30)7-3)18-11-21-41-37(55)31-34(52)27(48)15-24-45(31)8-4/h13-15,22-24,50-52H,5-12,16-21H2,1-4H3,(H,39,53)(H,40,54)(H,41,55)(H,42,49). The van der Waals surface area contributed by atoms with Crippen LogP contribution in [0.4, 0.5) is 0 Å². The van der Waals surface area contributed by atoms with Gasteiger partial charge in [0.05, 0.1) is 0 Å². The molecule has 3 rings (SSSR count). The van der Waals surface area contributed by atoms with Crippen molar-refractivity contribution in [3.63, 3.8) is 0 Å². The van der Waals surface area contributed by atoms with Gasteiger partial charge in [-0.05, 0) is 65.7 Å². The molecule has 3 aromatic rings. The van der Waals surface area contributed by atoms with E-state index in [0.29, 0.717) is 64.6 Å². The number of aryl methyl sites for hydroxylation is 3. The Balaban J connectivity index is 1.81. The molecule has 0 aromatic carbocycles. The minimum atomic E-state index is -0.895. The third-order valence-electron chi connectivity index (χ3n) is 9.35. The van der Waals surface area contributed by atoms with Crippen LogP contribution in [0.3, 0.4) is 0 Å². The predicted octanol–water partition coefficient (Wildman–Crippen LogP) is 1.93. The van der Waals surface area contributed by atoms with Crippen molar-refractivity contribution in [2.75, 3.05) is 19.6 Å². The normalized spacial score (nSPS) is 11.2. The summed E-state index contributed by atoms with van der Waals surface area (Å²) < 4.78 is 4.36. The molecule has 3 aromatic heterocycles. The highest BCUT2D eigenvalue weighted by Gasteiger charge is 2.31. The first-order valence-electron chi connectivity index (χ1n) is 18.7. The molecule has 0 aliphatic rings. The maximum absolute atomic E-state index is 13.2. The molecule has 0 saturated carbocycles. The van der Waals surface area contributed by atoms with Crippen LogP contribution >= 0.6 is 0 Å². The molecule has 0 aliphatic heterocycles. The lowest BCUT2D eigenvalue weighted by Crippen LogP contribution is -2.49. The molecule has 0 bridgehead atoms. The number of aromatic nitrogens is 3. The quantitative estimate of drug-likeness (QED) is 0.0777. The van der Waals surface area contributed by atoms with Crippen LogP contribution < -0.4 is 37.6 Å². The molecule has 0 radical (unpaired) electrons. The fraction of sp³-hybridized carbons (Fsp3) is 0.500. The summed E-state index contributed by atoms with van der Waals surface area (Å²) in [5.74, 6) is -4.14. The fourth-order valence-corrected chi connectivity index (χ4v) is 6.48. The van der Waals surface area contributed by atoms with Crippen LogP contribution in [0.25, 0.3) is 0 Å². The van der Waals surface area contributed by atoms with Crippen molar-refractivity contribution < 1.29 is 34.5 Å². The van der Waals surface area contributed by atoms with E-state index in [-0.39, 0.29) is 49.0 Å². The molecule has 0 saturated heterocycles. The molecule has 0 spiro atoms. The van der Waals surface area contributed by atoms with Crippen molar-refractivity contribution in [3.8, 4) is 17.2 Å². The number of hydrogen-bond acceptors (Lipinski definition) is 10. The van der Waals surface area contributed by atoms with Crippen molar-refractivity contribution in [2.45, 2.75) is 104 Å². The van der Waals surface area contributed by atoms with E-state index in [1.165, 1.54) is 50.5 Å². The van der Waals surface area contributed by atoms with Gasteiger partial charge in [0, 0.05) is 88.0 Å². The minimum Gasteiger partial charge on any atom is -0.503 e. The van der Waals surface area contributed by atoms with Crippen LogP contribution in [-0.2, 0) is 24.4 Å². The maximum Gasteiger partial charge on any atom is 0.271 e. The highest BCUT2D eigenvalue weighted by Crippen LogP contribution is 2.26. The molecule has 4 amide bonds. The van der Waals surface area contributed by atoms with Gasteiger partial charge in [0.15, 0.2) is 34.3 Å². The van der Waals surface area contributed by atoms with Gasteiger partial charge in [-0.3, -0.25) is 33.6 Å². The topological polar surface area (TPSA) is 243 Å². The Hall–Kier alpha value is -5.87. The first kappa shape index (κ1) is 43.5. The summed E-state index contributed by atoms with van der Waals surface area (Å²) >= 11 is 0. The zero-order valence-corrected chi connectivity index (χ0v) is 31.9. The second-order valence-electron chi connectivity index (χ2n) is 13.1. The van der Waals surface area contributed by atoms with E-state index in [2.05, 4.69) is 21.3 Å². The number of pyridine rings is 3. The summed E-state index contributed by atoms with van der Waals surface area (Å²) in [6, 6.07) is 3.51. The van der Waals surface area contributed by atoms with Gasteiger partial charge >= 0.3 is 0 Å². The fourth-order valence-electron chi connectivity index (χ4n) is 6.48. The highest BCUT2D eigenvalue weighted by atomic mass is 16.3. The van der Waals surface area contributed by atoms with E-state index in [1.54, 1.807) is 20.8 Å². The van der Waals surface area contributed by atoms with Crippen molar-refractivity contribution in [2.24, 2.45) is 0 Å². The first-order chi connectivity index (χ1) is 26.2. The second-order valence-corrected chi connectivity index (χ2v) is 13.1. The molecule has 17 nitrogen and oxygen atoms in total. The van der Waals surface area contributed by atoms with Gasteiger partial charge in [-0.25, -0.2) is 0 Å². The van der Waals surface area contributed by atoms with E-state index in [1.807, 2.05) is 6.92 Å². The molecule has 7 N–H and O–H groups in total. The number of nitrogens with one attached hydrogen (secondary N) is 4. The van der Waals surface area contributed by atoms with Crippen LogP contribution in [0, 0.1) is 0 Å². The van der Waals surface area contributed by atoms with Gasteiger partial charge in [0.25, 0.3) is 17.7 Å². The average Bonchev–Trinajstić information content (AvgIpc) is 3.16. The lowest BCUT2D eigenvalue weighted by atomic mass is 9.83. The monoisotopic (exact) mass is 767 g/mol. The largest absolute Gasteiger partial charge is 0.503 e. The number of hydrogen-bond donors (Lipinski definition) is 7. The Morgan fingerprint density at radius 1 is 0.564 bits per heavy atom. The zero-order chi connectivity index (χ0) is 40.7. The third-order valence-corrected chi connectivity index (χ3v) is 9.35. The predicted molar refractivity (Wildman–Crippen MR) is 205 cm³/mol. The van der Waals surface area contributed by atoms with Crippen LogP contribution in [0.5, 0.6) is 17.2 Å². The highest BCUT2D eigenvalue weighted by molar-refractivity contribution is 5.96. The summed E-state index contributed by atoms with van der Waals surface area (Å²) in [7, 11) is 0. The van der Waals surface area contributed by atoms with Crippen LogP contribution in [0.15, 0.2) is 51.2 Å². The SMILES string of the molecule is CCCC(=O)NC(CCCNC(=O)c1c(O)c(=O)ccn1CC)(CCCNC(=O)c1c(O)c(=O)ccn1CC)CCCNC(=O)c1c(O)c(=O)ccn1CC. The van der Waals surface area contributed by atoms with Crippen molar-refractivity contribution in [1.29, 1.82) is 0 Å². The van der Waals surface area contributed by atoms with Crippen LogP contribution in [0.1, 0.15) is 111 Å². The van der Waals surface area contributed by atoms with Gasteiger partial charge in [-0.15, -0.1) is 0 Å². The Labute approximate surface area is 318 Å². The first-order valence-corrected chi connectivity index (χ1v) is 18.7. The molecule has 17 heteroatoms. The number of carbonyl (C=O) groups is 4. The smallest absolute Gasteiger partial charge is 0.271 e. The summed E-state index contributed by atoms with van der Waals surface area (Å²) in [5.41, 5.74) is -3.46. The maximum atomic E-state index is 13.2. The average molecular weight is 768 g/mol. The molecule has 300 valence electrons. The molecule has 55 heavy (non-hydrogen) atoms. The van der Waals surface area contributed by atoms with Crippen molar-refractivity contribution in [1.82, 2.24) is 35.0 Å². The van der Waals surface area contributed by atoms with E-state index in [4.69, 9.17) is 0 Å². The van der Waals surface area contributed by atoms with Gasteiger partial charge in [-0.1, -0.05) is 6.92 Å². The summed E-state index contributed by atoms with van der Waals surface area (Å²) in [4.78, 5) is 88.6. The van der Waals surface area contributed by atoms with Gasteiger partial charge in [-0.2, -0.15) is 0 Å². The third kappa shape index (κ3) is 11.3. The second kappa shape index (κ2) is 20.5. The minimum absolute atomic E-state index is 0.119. The molecular weight excluding hydrogens is 714 g/mol. The van der Waals surface area contributed by atoms with Crippen LogP contribution in [0.2, 0.25) is 0 Å². The Morgan fingerprint density at radius 2 is 0.873 bits per heavy atom. The van der Waals surface area contributed by atoms with Gasteiger partial charge in [0.1, 0.15) is 0 Å². The summed E-state index contributed by atoms with van der Waals surface area (Å²) in [6.07, 6.45) is 7.14. The molecule has 0 atom stereocenters. The molecule has 3 heterocycles. The van der Waals surface area contributed by atoms with E-state index in [9.17, 15) is 48.9 Å². The zero-order valence-electron chi connectivity index (χ0n) is 31.9. The van der Waals surface area contributed by atoms with Crippen molar-refractivity contribution in [3.05, 3.63) is 84.5 Å². The lowest BCUT2D eigenvalue weighted by molar-refractivity contribution is -0.123. The Bertz CT molecular complexity index is 1810. The Morgan fingerprint density at radius 3 is 1.15 bits per heavy atom. The van der Waals surface area contributed by atoms with Gasteiger partial charge in [0.2, 0.25) is 22.2 Å². The lowest BCUT2D eigenvalue weighted by Gasteiger charge is -2.36. The summed E-state index contributed by atoms with van der Waals surface area (Å²) in [5, 5.41) is 42.4. The van der Waals surface area contributed by atoms with Gasteiger partial charge < -0.3 is 50.3 Å². The molecule has 0 aliphatic carbocycles. The van der Waals surface area contributed by atoms with E-state index in [0.717, 1.165) is 0 Å². The molecular formula is C38H53N7O10. The number of amides is 4. The Kier molecular flexibility index (Phi) is 16.3. The van der Waals surface area contributed by atoms with Crippen LogP contribution in [-0.4, -0.2) is 77.8 Å².